The van der Waals surface area contributed by atoms with Crippen molar-refractivity contribution in [2.24, 2.45) is 0 Å². The van der Waals surface area contributed by atoms with E-state index in [1.807, 2.05) is 68.4 Å². The lowest BCUT2D eigenvalue weighted by Crippen LogP contribution is -2.37. The second-order valence-corrected chi connectivity index (χ2v) is 4.67. The standard InChI is InChI=1S/C17H20N2O2/c1-3-18-17(20)13(2)19-15-11-7-8-12-16(15)21-14-9-5-4-6-10-14/h4-13,19H,3H2,1-2H3,(H,18,20). The van der Waals surface area contributed by atoms with Gasteiger partial charge in [0.25, 0.3) is 0 Å². The van der Waals surface area contributed by atoms with E-state index in [4.69, 9.17) is 4.74 Å². The lowest BCUT2D eigenvalue weighted by molar-refractivity contribution is -0.121. The molecule has 0 aliphatic carbocycles. The average Bonchev–Trinajstić information content (AvgIpc) is 2.50. The molecule has 0 saturated heterocycles. The third-order valence-corrected chi connectivity index (χ3v) is 2.97. The van der Waals surface area contributed by atoms with E-state index in [9.17, 15) is 4.79 Å². The van der Waals surface area contributed by atoms with Gasteiger partial charge in [0, 0.05) is 6.54 Å². The van der Waals surface area contributed by atoms with E-state index in [1.54, 1.807) is 0 Å². The molecule has 2 rings (SSSR count). The van der Waals surface area contributed by atoms with Gasteiger partial charge in [-0.15, -0.1) is 0 Å². The largest absolute Gasteiger partial charge is 0.455 e. The fraction of sp³-hybridized carbons (Fsp3) is 0.235. The molecule has 2 aromatic carbocycles. The van der Waals surface area contributed by atoms with Gasteiger partial charge in [0.15, 0.2) is 5.75 Å². The van der Waals surface area contributed by atoms with Crippen LogP contribution < -0.4 is 15.4 Å². The number of amides is 1. The summed E-state index contributed by atoms with van der Waals surface area (Å²) in [5.41, 5.74) is 0.792. The Hall–Kier alpha value is -2.49. The summed E-state index contributed by atoms with van der Waals surface area (Å²) in [4.78, 5) is 11.8. The number of hydrogen-bond donors (Lipinski definition) is 2. The first kappa shape index (κ1) is 14.9. The van der Waals surface area contributed by atoms with Gasteiger partial charge in [-0.05, 0) is 38.1 Å². The summed E-state index contributed by atoms with van der Waals surface area (Å²) >= 11 is 0. The molecular weight excluding hydrogens is 264 g/mol. The van der Waals surface area contributed by atoms with Gasteiger partial charge in [-0.25, -0.2) is 0 Å². The van der Waals surface area contributed by atoms with Gasteiger partial charge in [0.05, 0.1) is 5.69 Å². The minimum absolute atomic E-state index is 0.0352. The SMILES string of the molecule is CCNC(=O)C(C)Nc1ccccc1Oc1ccccc1. The number of carbonyl (C=O) groups excluding carboxylic acids is 1. The van der Waals surface area contributed by atoms with Crippen molar-refractivity contribution in [3.8, 4) is 11.5 Å². The Balaban J connectivity index is 2.12. The van der Waals surface area contributed by atoms with Gasteiger partial charge in [0.1, 0.15) is 11.8 Å². The zero-order valence-corrected chi connectivity index (χ0v) is 12.3. The average molecular weight is 284 g/mol. The van der Waals surface area contributed by atoms with Crippen LogP contribution in [0.2, 0.25) is 0 Å². The Morgan fingerprint density at radius 2 is 1.76 bits per heavy atom. The van der Waals surface area contributed by atoms with Crippen LogP contribution >= 0.6 is 0 Å². The van der Waals surface area contributed by atoms with E-state index in [1.165, 1.54) is 0 Å². The fourth-order valence-electron chi connectivity index (χ4n) is 1.92. The molecule has 21 heavy (non-hydrogen) atoms. The number of ether oxygens (including phenoxy) is 1. The summed E-state index contributed by atoms with van der Waals surface area (Å²) in [5.74, 6) is 1.42. The number of carbonyl (C=O) groups is 1. The van der Waals surface area contributed by atoms with Gasteiger partial charge in [-0.1, -0.05) is 30.3 Å². The molecule has 2 N–H and O–H groups in total. The van der Waals surface area contributed by atoms with Crippen molar-refractivity contribution in [2.75, 3.05) is 11.9 Å². The minimum atomic E-state index is -0.328. The quantitative estimate of drug-likeness (QED) is 0.854. The maximum atomic E-state index is 11.8. The van der Waals surface area contributed by atoms with Crippen molar-refractivity contribution < 1.29 is 9.53 Å². The number of anilines is 1. The molecule has 1 unspecified atom stereocenters. The second kappa shape index (κ2) is 7.33. The van der Waals surface area contributed by atoms with Crippen molar-refractivity contribution in [2.45, 2.75) is 19.9 Å². The molecule has 2 aromatic rings. The molecule has 0 heterocycles. The molecular formula is C17H20N2O2. The maximum Gasteiger partial charge on any atom is 0.242 e. The molecule has 0 fully saturated rings. The Bertz CT molecular complexity index is 584. The number of likely N-dealkylation sites (N-methyl/N-ethyl adjacent to an activating group) is 1. The van der Waals surface area contributed by atoms with Gasteiger partial charge in [0.2, 0.25) is 5.91 Å². The Morgan fingerprint density at radius 3 is 2.48 bits per heavy atom. The third kappa shape index (κ3) is 4.24. The van der Waals surface area contributed by atoms with Gasteiger partial charge < -0.3 is 15.4 Å². The molecule has 110 valence electrons. The molecule has 0 aliphatic heterocycles. The molecule has 0 bridgehead atoms. The highest BCUT2D eigenvalue weighted by Crippen LogP contribution is 2.29. The third-order valence-electron chi connectivity index (χ3n) is 2.97. The monoisotopic (exact) mass is 284 g/mol. The summed E-state index contributed by atoms with van der Waals surface area (Å²) in [6, 6.07) is 16.8. The van der Waals surface area contributed by atoms with E-state index < -0.39 is 0 Å². The molecule has 1 amide bonds. The zero-order valence-electron chi connectivity index (χ0n) is 12.3. The summed E-state index contributed by atoms with van der Waals surface area (Å²) in [5, 5.41) is 5.97. The lowest BCUT2D eigenvalue weighted by Gasteiger charge is -2.17. The molecule has 4 heteroatoms. The number of hydrogen-bond acceptors (Lipinski definition) is 3. The van der Waals surface area contributed by atoms with Gasteiger partial charge in [-0.3, -0.25) is 4.79 Å². The summed E-state index contributed by atoms with van der Waals surface area (Å²) in [6.07, 6.45) is 0. The van der Waals surface area contributed by atoms with Crippen molar-refractivity contribution in [1.82, 2.24) is 5.32 Å². The first-order valence-corrected chi connectivity index (χ1v) is 7.07. The molecule has 1 atom stereocenters. The van der Waals surface area contributed by atoms with E-state index in [0.29, 0.717) is 12.3 Å². The molecule has 0 aliphatic rings. The fourth-order valence-corrected chi connectivity index (χ4v) is 1.92. The van der Waals surface area contributed by atoms with Crippen LogP contribution in [-0.2, 0) is 4.79 Å². The maximum absolute atomic E-state index is 11.8. The summed E-state index contributed by atoms with van der Waals surface area (Å²) in [7, 11) is 0. The molecule has 0 saturated carbocycles. The van der Waals surface area contributed by atoms with Gasteiger partial charge >= 0.3 is 0 Å². The summed E-state index contributed by atoms with van der Waals surface area (Å²) in [6.45, 7) is 4.34. The normalized spacial score (nSPS) is 11.5. The highest BCUT2D eigenvalue weighted by molar-refractivity contribution is 5.84. The first-order valence-electron chi connectivity index (χ1n) is 7.07. The Labute approximate surface area is 125 Å². The number of rotatable bonds is 6. The predicted molar refractivity (Wildman–Crippen MR) is 84.7 cm³/mol. The zero-order chi connectivity index (χ0) is 15.1. The van der Waals surface area contributed by atoms with Crippen molar-refractivity contribution >= 4 is 11.6 Å². The number of benzene rings is 2. The van der Waals surface area contributed by atoms with Crippen LogP contribution in [0.1, 0.15) is 13.8 Å². The van der Waals surface area contributed by atoms with Crippen molar-refractivity contribution in [1.29, 1.82) is 0 Å². The van der Waals surface area contributed by atoms with Crippen LogP contribution in [0.5, 0.6) is 11.5 Å². The lowest BCUT2D eigenvalue weighted by atomic mass is 10.2. The Kier molecular flexibility index (Phi) is 5.21. The van der Waals surface area contributed by atoms with Gasteiger partial charge in [-0.2, -0.15) is 0 Å². The van der Waals surface area contributed by atoms with Crippen LogP contribution in [0.25, 0.3) is 0 Å². The highest BCUT2D eigenvalue weighted by Gasteiger charge is 2.13. The van der Waals surface area contributed by atoms with E-state index in [-0.39, 0.29) is 11.9 Å². The molecule has 0 spiro atoms. The van der Waals surface area contributed by atoms with Crippen molar-refractivity contribution in [3.05, 3.63) is 54.6 Å². The van der Waals surface area contributed by atoms with Crippen LogP contribution in [0, 0.1) is 0 Å². The van der Waals surface area contributed by atoms with E-state index >= 15 is 0 Å². The minimum Gasteiger partial charge on any atom is -0.455 e. The molecule has 4 nitrogen and oxygen atoms in total. The highest BCUT2D eigenvalue weighted by atomic mass is 16.5. The number of nitrogens with one attached hydrogen (secondary N) is 2. The van der Waals surface area contributed by atoms with Crippen LogP contribution in [0.4, 0.5) is 5.69 Å². The summed E-state index contributed by atoms with van der Waals surface area (Å²) < 4.78 is 5.86. The molecule has 0 radical (unpaired) electrons. The smallest absolute Gasteiger partial charge is 0.242 e. The van der Waals surface area contributed by atoms with E-state index in [0.717, 1.165) is 11.4 Å². The van der Waals surface area contributed by atoms with E-state index in [2.05, 4.69) is 10.6 Å². The first-order chi connectivity index (χ1) is 10.2. The van der Waals surface area contributed by atoms with Crippen molar-refractivity contribution in [3.63, 3.8) is 0 Å². The topological polar surface area (TPSA) is 50.4 Å². The Morgan fingerprint density at radius 1 is 1.10 bits per heavy atom. The van der Waals surface area contributed by atoms with Crippen LogP contribution in [0.15, 0.2) is 54.6 Å². The van der Waals surface area contributed by atoms with Crippen LogP contribution in [-0.4, -0.2) is 18.5 Å². The van der Waals surface area contributed by atoms with Crippen LogP contribution in [0.3, 0.4) is 0 Å². The predicted octanol–water partition coefficient (Wildman–Crippen LogP) is 3.42. The molecule has 0 aromatic heterocycles. The second-order valence-electron chi connectivity index (χ2n) is 4.67. The number of para-hydroxylation sites is 3.